The fourth-order valence-corrected chi connectivity index (χ4v) is 3.12. The van der Waals surface area contributed by atoms with Gasteiger partial charge in [-0.15, -0.1) is 0 Å². The molecule has 0 aliphatic heterocycles. The van der Waals surface area contributed by atoms with E-state index in [-0.39, 0.29) is 12.3 Å². The molecule has 0 aliphatic carbocycles. The van der Waals surface area contributed by atoms with Crippen molar-refractivity contribution in [3.63, 3.8) is 0 Å². The van der Waals surface area contributed by atoms with Gasteiger partial charge in [-0.25, -0.2) is 13.2 Å². The number of benzene rings is 1. The summed E-state index contributed by atoms with van der Waals surface area (Å²) in [6.45, 7) is 3.82. The molecule has 0 bridgehead atoms. The average Bonchev–Trinajstić information content (AvgIpc) is 2.86. The third kappa shape index (κ3) is 4.04. The minimum absolute atomic E-state index is 0.0972. The minimum Gasteiger partial charge on any atom is -0.461 e. The molecule has 2 rings (SSSR count). The molecular formula is C16H21NO5S. The first-order chi connectivity index (χ1) is 10.9. The Hall–Kier alpha value is -2.02. The Kier molecular flexibility index (Phi) is 5.30. The largest absolute Gasteiger partial charge is 0.461 e. The lowest BCUT2D eigenvalue weighted by Crippen LogP contribution is -2.36. The number of anilines is 1. The van der Waals surface area contributed by atoms with Gasteiger partial charge >= 0.3 is 6.09 Å². The van der Waals surface area contributed by atoms with Gasteiger partial charge in [0.15, 0.2) is 0 Å². The van der Waals surface area contributed by atoms with Crippen molar-refractivity contribution >= 4 is 32.8 Å². The molecule has 6 nitrogen and oxygen atoms in total. The number of hydrogen-bond acceptors (Lipinski definition) is 5. The van der Waals surface area contributed by atoms with E-state index in [1.807, 2.05) is 6.07 Å². The van der Waals surface area contributed by atoms with Crippen LogP contribution in [0.4, 0.5) is 10.5 Å². The van der Waals surface area contributed by atoms with Crippen molar-refractivity contribution in [1.82, 2.24) is 0 Å². The van der Waals surface area contributed by atoms with Crippen molar-refractivity contribution in [1.29, 1.82) is 0 Å². The van der Waals surface area contributed by atoms with Crippen LogP contribution in [0, 0.1) is 0 Å². The van der Waals surface area contributed by atoms with Gasteiger partial charge in [-0.05, 0) is 37.6 Å². The van der Waals surface area contributed by atoms with E-state index in [1.165, 1.54) is 6.07 Å². The van der Waals surface area contributed by atoms with E-state index in [1.54, 1.807) is 19.1 Å². The fraction of sp³-hybridized carbons (Fsp3) is 0.438. The molecule has 23 heavy (non-hydrogen) atoms. The molecule has 7 heteroatoms. The molecular weight excluding hydrogens is 318 g/mol. The highest BCUT2D eigenvalue weighted by Crippen LogP contribution is 2.27. The van der Waals surface area contributed by atoms with Crippen molar-refractivity contribution in [3.05, 3.63) is 30.0 Å². The number of unbranched alkanes of at least 4 members (excludes halogenated alkanes) is 1. The molecule has 0 unspecified atom stereocenters. The van der Waals surface area contributed by atoms with Gasteiger partial charge in [0, 0.05) is 11.8 Å². The van der Waals surface area contributed by atoms with Crippen molar-refractivity contribution in [2.75, 3.05) is 17.2 Å². The number of aryl methyl sites for hydroxylation is 1. The zero-order chi connectivity index (χ0) is 17.0. The standard InChI is InChI=1S/C16H21NO5S/c1-4-6-7-14-11-12-10-13(8-9-15(12)22-14)17(23(3,19)20)16(18)21-5-2/h8-11H,4-7H2,1-3H3. The SMILES string of the molecule is CCCCc1cc2cc(N(C(=O)OCC)S(C)(=O)=O)ccc2o1. The van der Waals surface area contributed by atoms with Gasteiger partial charge < -0.3 is 9.15 Å². The summed E-state index contributed by atoms with van der Waals surface area (Å²) in [5, 5.41) is 0.756. The number of amides is 1. The molecule has 2 aromatic rings. The van der Waals surface area contributed by atoms with Gasteiger partial charge in [-0.2, -0.15) is 4.31 Å². The topological polar surface area (TPSA) is 76.8 Å². The number of sulfonamides is 1. The zero-order valence-electron chi connectivity index (χ0n) is 13.5. The lowest BCUT2D eigenvalue weighted by Gasteiger charge is -2.19. The van der Waals surface area contributed by atoms with Crippen LogP contribution in [0.3, 0.4) is 0 Å². The summed E-state index contributed by atoms with van der Waals surface area (Å²) in [4.78, 5) is 12.0. The second kappa shape index (κ2) is 7.04. The van der Waals surface area contributed by atoms with Crippen LogP contribution >= 0.6 is 0 Å². The van der Waals surface area contributed by atoms with Gasteiger partial charge in [0.2, 0.25) is 10.0 Å². The number of hydrogen-bond donors (Lipinski definition) is 0. The predicted octanol–water partition coefficient (Wildman–Crippen LogP) is 3.70. The van der Waals surface area contributed by atoms with Gasteiger partial charge in [0.05, 0.1) is 18.6 Å². The summed E-state index contributed by atoms with van der Waals surface area (Å²) in [6.07, 6.45) is 2.96. The van der Waals surface area contributed by atoms with E-state index in [9.17, 15) is 13.2 Å². The van der Waals surface area contributed by atoms with Crippen LogP contribution in [0.15, 0.2) is 28.7 Å². The van der Waals surface area contributed by atoms with Crippen LogP contribution in [0.2, 0.25) is 0 Å². The zero-order valence-corrected chi connectivity index (χ0v) is 14.4. The monoisotopic (exact) mass is 339 g/mol. The Balaban J connectivity index is 2.41. The van der Waals surface area contributed by atoms with E-state index in [2.05, 4.69) is 6.92 Å². The highest BCUT2D eigenvalue weighted by molar-refractivity contribution is 7.92. The first-order valence-corrected chi connectivity index (χ1v) is 9.41. The van der Waals surface area contributed by atoms with Crippen molar-refractivity contribution < 1.29 is 22.4 Å². The lowest BCUT2D eigenvalue weighted by molar-refractivity contribution is 0.164. The van der Waals surface area contributed by atoms with Crippen LogP contribution in [0.5, 0.6) is 0 Å². The molecule has 1 amide bonds. The quantitative estimate of drug-likeness (QED) is 0.802. The van der Waals surface area contributed by atoms with E-state index in [4.69, 9.17) is 9.15 Å². The molecule has 0 aliphatic rings. The molecule has 126 valence electrons. The molecule has 0 atom stereocenters. The normalized spacial score (nSPS) is 11.6. The first-order valence-electron chi connectivity index (χ1n) is 7.56. The molecule has 1 heterocycles. The van der Waals surface area contributed by atoms with Crippen molar-refractivity contribution in [2.24, 2.45) is 0 Å². The molecule has 1 aromatic carbocycles. The summed E-state index contributed by atoms with van der Waals surface area (Å²) >= 11 is 0. The maximum absolute atomic E-state index is 12.0. The molecule has 0 N–H and O–H groups in total. The fourth-order valence-electron chi connectivity index (χ4n) is 2.30. The molecule has 0 spiro atoms. The van der Waals surface area contributed by atoms with Gasteiger partial charge in [-0.1, -0.05) is 13.3 Å². The molecule has 0 fully saturated rings. The van der Waals surface area contributed by atoms with Crippen LogP contribution < -0.4 is 4.31 Å². The Labute approximate surface area is 136 Å². The maximum Gasteiger partial charge on any atom is 0.428 e. The molecule has 0 radical (unpaired) electrons. The summed E-state index contributed by atoms with van der Waals surface area (Å²) in [5.41, 5.74) is 0.901. The predicted molar refractivity (Wildman–Crippen MR) is 89.2 cm³/mol. The van der Waals surface area contributed by atoms with Gasteiger partial charge in [-0.3, -0.25) is 0 Å². The maximum atomic E-state index is 12.0. The lowest BCUT2D eigenvalue weighted by atomic mass is 10.2. The number of rotatable bonds is 6. The van der Waals surface area contributed by atoms with Crippen LogP contribution in [-0.2, 0) is 21.2 Å². The second-order valence-corrected chi connectivity index (χ2v) is 7.10. The summed E-state index contributed by atoms with van der Waals surface area (Å²) in [5.74, 6) is 0.848. The molecule has 0 saturated heterocycles. The number of fused-ring (bicyclic) bond motifs is 1. The first kappa shape index (κ1) is 17.3. The highest BCUT2D eigenvalue weighted by atomic mass is 32.2. The minimum atomic E-state index is -3.79. The third-order valence-electron chi connectivity index (χ3n) is 3.33. The summed E-state index contributed by atoms with van der Waals surface area (Å²) in [6, 6.07) is 6.69. The number of furan rings is 1. The smallest absolute Gasteiger partial charge is 0.428 e. The van der Waals surface area contributed by atoms with Crippen LogP contribution in [0.25, 0.3) is 11.0 Å². The Morgan fingerprint density at radius 2 is 2.00 bits per heavy atom. The number of ether oxygens (including phenoxy) is 1. The van der Waals surface area contributed by atoms with Crippen LogP contribution in [-0.4, -0.2) is 27.4 Å². The Morgan fingerprint density at radius 1 is 1.26 bits per heavy atom. The van der Waals surface area contributed by atoms with E-state index in [0.29, 0.717) is 9.89 Å². The van der Waals surface area contributed by atoms with E-state index >= 15 is 0 Å². The number of nitrogens with zero attached hydrogens (tertiary/aromatic N) is 1. The van der Waals surface area contributed by atoms with Gasteiger partial charge in [0.1, 0.15) is 11.3 Å². The second-order valence-electron chi connectivity index (χ2n) is 5.26. The van der Waals surface area contributed by atoms with E-state index < -0.39 is 16.1 Å². The van der Waals surface area contributed by atoms with Crippen LogP contribution in [0.1, 0.15) is 32.4 Å². The summed E-state index contributed by atoms with van der Waals surface area (Å²) < 4.78 is 35.1. The van der Waals surface area contributed by atoms with Crippen molar-refractivity contribution in [3.8, 4) is 0 Å². The average molecular weight is 339 g/mol. The van der Waals surface area contributed by atoms with E-state index in [0.717, 1.165) is 36.7 Å². The third-order valence-corrected chi connectivity index (χ3v) is 4.35. The Bertz CT molecular complexity index is 794. The number of carbonyl (C=O) groups is 1. The van der Waals surface area contributed by atoms with Gasteiger partial charge in [0.25, 0.3) is 0 Å². The Morgan fingerprint density at radius 3 is 2.61 bits per heavy atom. The summed E-state index contributed by atoms with van der Waals surface area (Å²) in [7, 11) is -3.79. The molecule has 0 saturated carbocycles. The van der Waals surface area contributed by atoms with Crippen molar-refractivity contribution in [2.45, 2.75) is 33.1 Å². The highest BCUT2D eigenvalue weighted by Gasteiger charge is 2.27. The molecule has 1 aromatic heterocycles. The number of carbonyl (C=O) groups excluding carboxylic acids is 1.